The Morgan fingerprint density at radius 1 is 1.08 bits per heavy atom. The van der Waals surface area contributed by atoms with E-state index in [0.717, 1.165) is 22.0 Å². The van der Waals surface area contributed by atoms with Gasteiger partial charge >= 0.3 is 0 Å². The number of nitrogens with one attached hydrogen (secondary N) is 2. The van der Waals surface area contributed by atoms with Crippen molar-refractivity contribution in [3.8, 4) is 0 Å². The van der Waals surface area contributed by atoms with Gasteiger partial charge in [-0.15, -0.1) is 0 Å². The maximum Gasteiger partial charge on any atom is 0.222 e. The van der Waals surface area contributed by atoms with Crippen molar-refractivity contribution in [2.24, 2.45) is 5.92 Å². The van der Waals surface area contributed by atoms with Crippen molar-refractivity contribution >= 4 is 28.4 Å². The minimum Gasteiger partial charge on any atom is -0.361 e. The Balaban J connectivity index is 2.02. The van der Waals surface area contributed by atoms with Gasteiger partial charge in [0.15, 0.2) is 0 Å². The second kappa shape index (κ2) is 7.10. The zero-order valence-corrected chi connectivity index (χ0v) is 14.6. The van der Waals surface area contributed by atoms with Crippen LogP contribution in [0.25, 0.3) is 10.9 Å². The fraction of sp³-hybridized carbons (Fsp3) is 0.250. The van der Waals surface area contributed by atoms with Crippen LogP contribution >= 0.6 is 11.6 Å². The highest BCUT2D eigenvalue weighted by Gasteiger charge is 2.21. The number of H-pyrrole nitrogens is 1. The van der Waals surface area contributed by atoms with Gasteiger partial charge in [0.2, 0.25) is 5.91 Å². The predicted octanol–water partition coefficient (Wildman–Crippen LogP) is 4.73. The molecule has 0 spiro atoms. The third-order valence-corrected chi connectivity index (χ3v) is 4.63. The number of amides is 1. The van der Waals surface area contributed by atoms with Gasteiger partial charge in [0.1, 0.15) is 0 Å². The Morgan fingerprint density at radius 2 is 1.79 bits per heavy atom. The first-order valence-electron chi connectivity index (χ1n) is 8.16. The molecule has 1 aromatic heterocycles. The lowest BCUT2D eigenvalue weighted by molar-refractivity contribution is -0.124. The number of hydrogen-bond acceptors (Lipinski definition) is 1. The number of fused-ring (bicyclic) bond motifs is 1. The van der Waals surface area contributed by atoms with E-state index < -0.39 is 0 Å². The van der Waals surface area contributed by atoms with Crippen LogP contribution in [-0.4, -0.2) is 17.4 Å². The van der Waals surface area contributed by atoms with Crippen molar-refractivity contribution < 1.29 is 4.79 Å². The van der Waals surface area contributed by atoms with Crippen molar-refractivity contribution in [1.29, 1.82) is 0 Å². The second-order valence-electron chi connectivity index (χ2n) is 6.26. The summed E-state index contributed by atoms with van der Waals surface area (Å²) < 4.78 is 0. The van der Waals surface area contributed by atoms with Crippen LogP contribution < -0.4 is 5.32 Å². The van der Waals surface area contributed by atoms with Crippen LogP contribution in [0, 0.1) is 5.92 Å². The van der Waals surface area contributed by atoms with Crippen LogP contribution in [0.1, 0.15) is 30.9 Å². The van der Waals surface area contributed by atoms with E-state index in [4.69, 9.17) is 11.6 Å². The van der Waals surface area contributed by atoms with Gasteiger partial charge in [-0.05, 0) is 23.3 Å². The fourth-order valence-corrected chi connectivity index (χ4v) is 3.20. The molecule has 2 N–H and O–H groups in total. The van der Waals surface area contributed by atoms with Crippen molar-refractivity contribution in [1.82, 2.24) is 10.3 Å². The van der Waals surface area contributed by atoms with Crippen molar-refractivity contribution in [3.05, 3.63) is 70.9 Å². The molecule has 1 unspecified atom stereocenters. The van der Waals surface area contributed by atoms with Crippen molar-refractivity contribution in [2.45, 2.75) is 19.8 Å². The molecule has 0 aliphatic rings. The summed E-state index contributed by atoms with van der Waals surface area (Å²) in [4.78, 5) is 15.4. The Hall–Kier alpha value is -2.26. The average molecular weight is 341 g/mol. The first-order valence-corrected chi connectivity index (χ1v) is 8.54. The number of aromatic nitrogens is 1. The van der Waals surface area contributed by atoms with Gasteiger partial charge in [-0.25, -0.2) is 0 Å². The summed E-state index contributed by atoms with van der Waals surface area (Å²) in [6, 6.07) is 16.0. The second-order valence-corrected chi connectivity index (χ2v) is 6.67. The zero-order chi connectivity index (χ0) is 17.1. The van der Waals surface area contributed by atoms with Gasteiger partial charge < -0.3 is 10.3 Å². The summed E-state index contributed by atoms with van der Waals surface area (Å²) in [6.07, 6.45) is 2.01. The fourth-order valence-electron chi connectivity index (χ4n) is 2.93. The van der Waals surface area contributed by atoms with E-state index in [1.807, 2.05) is 56.4 Å². The SMILES string of the molecule is CC(C)C(=O)NCC(c1ccccc1Cl)c1c[nH]c2ccccc12. The van der Waals surface area contributed by atoms with Crippen LogP contribution in [0.5, 0.6) is 0 Å². The van der Waals surface area contributed by atoms with Gasteiger partial charge in [-0.3, -0.25) is 4.79 Å². The van der Waals surface area contributed by atoms with E-state index >= 15 is 0 Å². The average Bonchev–Trinajstić information content (AvgIpc) is 3.00. The molecule has 3 nitrogen and oxygen atoms in total. The number of para-hydroxylation sites is 1. The van der Waals surface area contributed by atoms with Crippen LogP contribution in [0.3, 0.4) is 0 Å². The van der Waals surface area contributed by atoms with Crippen LogP contribution in [-0.2, 0) is 4.79 Å². The molecule has 0 radical (unpaired) electrons. The third-order valence-electron chi connectivity index (χ3n) is 4.28. The summed E-state index contributed by atoms with van der Waals surface area (Å²) in [7, 11) is 0. The molecular formula is C20H21ClN2O. The first-order chi connectivity index (χ1) is 11.6. The number of hydrogen-bond donors (Lipinski definition) is 2. The quantitative estimate of drug-likeness (QED) is 0.693. The third kappa shape index (κ3) is 3.31. The van der Waals surface area contributed by atoms with E-state index in [9.17, 15) is 4.79 Å². The van der Waals surface area contributed by atoms with Crippen LogP contribution in [0.15, 0.2) is 54.7 Å². The Labute approximate surface area is 147 Å². The van der Waals surface area contributed by atoms with E-state index in [-0.39, 0.29) is 17.7 Å². The Kier molecular flexibility index (Phi) is 4.91. The number of carbonyl (C=O) groups is 1. The molecule has 0 aliphatic carbocycles. The molecular weight excluding hydrogens is 320 g/mol. The molecule has 124 valence electrons. The lowest BCUT2D eigenvalue weighted by Gasteiger charge is -2.20. The van der Waals surface area contributed by atoms with Gasteiger partial charge in [-0.2, -0.15) is 0 Å². The highest BCUT2D eigenvalue weighted by Crippen LogP contribution is 2.34. The topological polar surface area (TPSA) is 44.9 Å². The molecule has 1 heterocycles. The van der Waals surface area contributed by atoms with E-state index in [1.54, 1.807) is 0 Å². The zero-order valence-electron chi connectivity index (χ0n) is 13.8. The number of aromatic amines is 1. The lowest BCUT2D eigenvalue weighted by atomic mass is 9.90. The van der Waals surface area contributed by atoms with E-state index in [2.05, 4.69) is 22.4 Å². The van der Waals surface area contributed by atoms with Crippen molar-refractivity contribution in [3.63, 3.8) is 0 Å². The summed E-state index contributed by atoms with van der Waals surface area (Å²) >= 11 is 6.44. The molecule has 4 heteroatoms. The van der Waals surface area contributed by atoms with Gasteiger partial charge in [-0.1, -0.05) is 61.8 Å². The maximum absolute atomic E-state index is 12.0. The normalized spacial score (nSPS) is 12.5. The molecule has 3 rings (SSSR count). The summed E-state index contributed by atoms with van der Waals surface area (Å²) in [5.41, 5.74) is 3.25. The summed E-state index contributed by atoms with van der Waals surface area (Å²) in [5.74, 6) is 0.00399. The Bertz CT molecular complexity index is 853. The molecule has 2 aromatic carbocycles. The monoisotopic (exact) mass is 340 g/mol. The van der Waals surface area contributed by atoms with Crippen molar-refractivity contribution in [2.75, 3.05) is 6.54 Å². The molecule has 0 aliphatic heterocycles. The number of carbonyl (C=O) groups excluding carboxylic acids is 1. The molecule has 0 fully saturated rings. The molecule has 1 amide bonds. The van der Waals surface area contributed by atoms with Gasteiger partial charge in [0.05, 0.1) is 0 Å². The molecule has 24 heavy (non-hydrogen) atoms. The highest BCUT2D eigenvalue weighted by atomic mass is 35.5. The summed E-state index contributed by atoms with van der Waals surface area (Å²) in [5, 5.41) is 4.92. The molecule has 3 aromatic rings. The van der Waals surface area contributed by atoms with E-state index in [1.165, 1.54) is 0 Å². The number of rotatable bonds is 5. The minimum atomic E-state index is -0.0418. The molecule has 0 bridgehead atoms. The highest BCUT2D eigenvalue weighted by molar-refractivity contribution is 6.31. The maximum atomic E-state index is 12.0. The summed E-state index contributed by atoms with van der Waals surface area (Å²) in [6.45, 7) is 4.31. The van der Waals surface area contributed by atoms with Crippen LogP contribution in [0.2, 0.25) is 5.02 Å². The van der Waals surface area contributed by atoms with Crippen LogP contribution in [0.4, 0.5) is 0 Å². The van der Waals surface area contributed by atoms with Gasteiger partial charge in [0.25, 0.3) is 0 Å². The van der Waals surface area contributed by atoms with E-state index in [0.29, 0.717) is 11.6 Å². The smallest absolute Gasteiger partial charge is 0.222 e. The number of halogens is 1. The molecule has 0 saturated carbocycles. The van der Waals surface area contributed by atoms with Gasteiger partial charge in [0, 0.05) is 40.5 Å². The minimum absolute atomic E-state index is 0.00227. The number of benzene rings is 2. The standard InChI is InChI=1S/C20H21ClN2O/c1-13(2)20(24)23-12-16(14-7-3-5-9-18(14)21)17-11-22-19-10-6-4-8-15(17)19/h3-11,13,16,22H,12H2,1-2H3,(H,23,24). The largest absolute Gasteiger partial charge is 0.361 e. The Morgan fingerprint density at radius 3 is 2.54 bits per heavy atom. The molecule has 1 atom stereocenters. The molecule has 0 saturated heterocycles. The lowest BCUT2D eigenvalue weighted by Crippen LogP contribution is -2.32. The predicted molar refractivity (Wildman–Crippen MR) is 99.4 cm³/mol. The first kappa shape index (κ1) is 16.6.